The third kappa shape index (κ3) is 2.13. The van der Waals surface area contributed by atoms with Gasteiger partial charge in [-0.3, -0.25) is 0 Å². The Balaban J connectivity index is 2.16. The van der Waals surface area contributed by atoms with E-state index in [2.05, 4.69) is 62.5 Å². The first kappa shape index (κ1) is 12.2. The Hall–Kier alpha value is -1.80. The molecule has 0 bridgehead atoms. The van der Waals surface area contributed by atoms with Gasteiger partial charge in [0.15, 0.2) is 0 Å². The fourth-order valence-corrected chi connectivity index (χ4v) is 2.68. The van der Waals surface area contributed by atoms with E-state index in [1.807, 2.05) is 0 Å². The predicted molar refractivity (Wildman–Crippen MR) is 78.0 cm³/mol. The standard InChI is InChI=1S/C17H19NO/c1-4-18-17-13-9-11(2)5-7-15(13)19-16-8-6-12(3)10-14(16)17/h5-10,17-18H,4H2,1-3H3. The van der Waals surface area contributed by atoms with E-state index in [1.54, 1.807) is 0 Å². The van der Waals surface area contributed by atoms with Crippen LogP contribution >= 0.6 is 0 Å². The summed E-state index contributed by atoms with van der Waals surface area (Å²) < 4.78 is 6.02. The lowest BCUT2D eigenvalue weighted by atomic mass is 9.92. The SMILES string of the molecule is CCNC1c2cc(C)ccc2Oc2ccc(C)cc21. The number of hydrogen-bond donors (Lipinski definition) is 1. The van der Waals surface area contributed by atoms with Crippen LogP contribution in [0.15, 0.2) is 36.4 Å². The molecule has 2 nitrogen and oxygen atoms in total. The van der Waals surface area contributed by atoms with Crippen molar-refractivity contribution in [1.29, 1.82) is 0 Å². The summed E-state index contributed by atoms with van der Waals surface area (Å²) in [4.78, 5) is 0. The maximum Gasteiger partial charge on any atom is 0.132 e. The lowest BCUT2D eigenvalue weighted by Gasteiger charge is -2.29. The molecule has 0 radical (unpaired) electrons. The molecule has 1 aliphatic rings. The quantitative estimate of drug-likeness (QED) is 0.869. The van der Waals surface area contributed by atoms with Gasteiger partial charge in [-0.15, -0.1) is 0 Å². The molecule has 0 amide bonds. The molecule has 2 aromatic carbocycles. The highest BCUT2D eigenvalue weighted by Gasteiger charge is 2.26. The lowest BCUT2D eigenvalue weighted by Crippen LogP contribution is -2.25. The van der Waals surface area contributed by atoms with Crippen molar-refractivity contribution in [1.82, 2.24) is 5.32 Å². The number of ether oxygens (including phenoxy) is 1. The van der Waals surface area contributed by atoms with Gasteiger partial charge in [0.05, 0.1) is 6.04 Å². The Kier molecular flexibility index (Phi) is 3.03. The van der Waals surface area contributed by atoms with Gasteiger partial charge in [0.1, 0.15) is 11.5 Å². The molecule has 0 unspecified atom stereocenters. The maximum absolute atomic E-state index is 6.02. The smallest absolute Gasteiger partial charge is 0.132 e. The summed E-state index contributed by atoms with van der Waals surface area (Å²) in [6, 6.07) is 13.0. The maximum atomic E-state index is 6.02. The minimum absolute atomic E-state index is 0.226. The van der Waals surface area contributed by atoms with Gasteiger partial charge >= 0.3 is 0 Å². The van der Waals surface area contributed by atoms with E-state index in [0.29, 0.717) is 0 Å². The Morgan fingerprint density at radius 1 is 0.947 bits per heavy atom. The summed E-state index contributed by atoms with van der Waals surface area (Å²) in [5.74, 6) is 1.93. The molecule has 0 fully saturated rings. The number of rotatable bonds is 2. The van der Waals surface area contributed by atoms with Gasteiger partial charge in [-0.1, -0.05) is 42.3 Å². The summed E-state index contributed by atoms with van der Waals surface area (Å²) in [5.41, 5.74) is 5.00. The minimum Gasteiger partial charge on any atom is -0.457 e. The molecule has 3 rings (SSSR count). The fraction of sp³-hybridized carbons (Fsp3) is 0.294. The van der Waals surface area contributed by atoms with E-state index in [-0.39, 0.29) is 6.04 Å². The van der Waals surface area contributed by atoms with Gasteiger partial charge in [-0.05, 0) is 32.5 Å². The molecule has 0 atom stereocenters. The van der Waals surface area contributed by atoms with Crippen molar-refractivity contribution in [2.75, 3.05) is 6.54 Å². The molecule has 1 heterocycles. The van der Waals surface area contributed by atoms with Crippen LogP contribution in [-0.4, -0.2) is 6.54 Å². The average molecular weight is 253 g/mol. The van der Waals surface area contributed by atoms with Crippen LogP contribution in [0.4, 0.5) is 0 Å². The van der Waals surface area contributed by atoms with E-state index in [9.17, 15) is 0 Å². The molecular weight excluding hydrogens is 234 g/mol. The molecule has 2 heteroatoms. The van der Waals surface area contributed by atoms with Crippen LogP contribution in [0, 0.1) is 13.8 Å². The highest BCUT2D eigenvalue weighted by Crippen LogP contribution is 2.43. The molecule has 1 N–H and O–H groups in total. The first-order valence-corrected chi connectivity index (χ1v) is 6.81. The summed E-state index contributed by atoms with van der Waals surface area (Å²) in [7, 11) is 0. The molecular formula is C17H19NO. The van der Waals surface area contributed by atoms with Crippen LogP contribution < -0.4 is 10.1 Å². The normalized spacial score (nSPS) is 13.6. The van der Waals surface area contributed by atoms with Crippen molar-refractivity contribution < 1.29 is 4.74 Å². The predicted octanol–water partition coefficient (Wildman–Crippen LogP) is 4.11. The number of fused-ring (bicyclic) bond motifs is 2. The van der Waals surface area contributed by atoms with Gasteiger partial charge < -0.3 is 10.1 Å². The Morgan fingerprint density at radius 2 is 1.47 bits per heavy atom. The van der Waals surface area contributed by atoms with Crippen molar-refractivity contribution >= 4 is 0 Å². The third-order valence-electron chi connectivity index (χ3n) is 3.58. The first-order chi connectivity index (χ1) is 9.19. The van der Waals surface area contributed by atoms with Crippen molar-refractivity contribution in [2.45, 2.75) is 26.8 Å². The van der Waals surface area contributed by atoms with Crippen LogP contribution in [0.25, 0.3) is 0 Å². The van der Waals surface area contributed by atoms with Crippen LogP contribution in [0.5, 0.6) is 11.5 Å². The van der Waals surface area contributed by atoms with Gasteiger partial charge in [0.25, 0.3) is 0 Å². The minimum atomic E-state index is 0.226. The van der Waals surface area contributed by atoms with Crippen LogP contribution in [0.3, 0.4) is 0 Å². The van der Waals surface area contributed by atoms with E-state index < -0.39 is 0 Å². The molecule has 0 saturated heterocycles. The summed E-state index contributed by atoms with van der Waals surface area (Å²) in [6.07, 6.45) is 0. The Morgan fingerprint density at radius 3 is 1.95 bits per heavy atom. The Labute approximate surface area is 114 Å². The zero-order chi connectivity index (χ0) is 13.4. The number of benzene rings is 2. The number of aryl methyl sites for hydroxylation is 2. The molecule has 0 saturated carbocycles. The number of hydrogen-bond acceptors (Lipinski definition) is 2. The zero-order valence-electron chi connectivity index (χ0n) is 11.7. The lowest BCUT2D eigenvalue weighted by molar-refractivity contribution is 0.430. The summed E-state index contributed by atoms with van der Waals surface area (Å²) in [6.45, 7) is 7.32. The van der Waals surface area contributed by atoms with E-state index >= 15 is 0 Å². The summed E-state index contributed by atoms with van der Waals surface area (Å²) in [5, 5.41) is 3.57. The van der Waals surface area contributed by atoms with E-state index in [1.165, 1.54) is 22.3 Å². The van der Waals surface area contributed by atoms with Gasteiger partial charge in [0.2, 0.25) is 0 Å². The molecule has 19 heavy (non-hydrogen) atoms. The van der Waals surface area contributed by atoms with Gasteiger partial charge in [-0.2, -0.15) is 0 Å². The monoisotopic (exact) mass is 253 g/mol. The van der Waals surface area contributed by atoms with Crippen LogP contribution in [0.1, 0.15) is 35.2 Å². The second kappa shape index (κ2) is 4.71. The molecule has 1 aliphatic heterocycles. The third-order valence-corrected chi connectivity index (χ3v) is 3.58. The molecule has 0 aromatic heterocycles. The average Bonchev–Trinajstić information content (AvgIpc) is 2.40. The van der Waals surface area contributed by atoms with Crippen molar-refractivity contribution in [3.63, 3.8) is 0 Å². The number of nitrogens with one attached hydrogen (secondary N) is 1. The second-order valence-electron chi connectivity index (χ2n) is 5.18. The zero-order valence-corrected chi connectivity index (χ0v) is 11.7. The van der Waals surface area contributed by atoms with Crippen LogP contribution in [0.2, 0.25) is 0 Å². The highest BCUT2D eigenvalue weighted by atomic mass is 16.5. The second-order valence-corrected chi connectivity index (χ2v) is 5.18. The van der Waals surface area contributed by atoms with Crippen molar-refractivity contribution in [3.8, 4) is 11.5 Å². The Bertz CT molecular complexity index is 567. The topological polar surface area (TPSA) is 21.3 Å². The van der Waals surface area contributed by atoms with E-state index in [0.717, 1.165) is 18.0 Å². The highest BCUT2D eigenvalue weighted by molar-refractivity contribution is 5.54. The van der Waals surface area contributed by atoms with Crippen molar-refractivity contribution in [2.24, 2.45) is 0 Å². The molecule has 0 aliphatic carbocycles. The van der Waals surface area contributed by atoms with Crippen LogP contribution in [-0.2, 0) is 0 Å². The molecule has 2 aromatic rings. The fourth-order valence-electron chi connectivity index (χ4n) is 2.68. The molecule has 98 valence electrons. The van der Waals surface area contributed by atoms with Crippen molar-refractivity contribution in [3.05, 3.63) is 58.7 Å². The van der Waals surface area contributed by atoms with Gasteiger partial charge in [0, 0.05) is 11.1 Å². The van der Waals surface area contributed by atoms with Gasteiger partial charge in [-0.25, -0.2) is 0 Å². The largest absolute Gasteiger partial charge is 0.457 e. The molecule has 0 spiro atoms. The first-order valence-electron chi connectivity index (χ1n) is 6.81. The summed E-state index contributed by atoms with van der Waals surface area (Å²) >= 11 is 0. The van der Waals surface area contributed by atoms with E-state index in [4.69, 9.17) is 4.74 Å².